The van der Waals surface area contributed by atoms with Gasteiger partial charge in [-0.15, -0.1) is 0 Å². The third-order valence-corrected chi connectivity index (χ3v) is 3.59. The second-order valence-electron chi connectivity index (χ2n) is 4.85. The van der Waals surface area contributed by atoms with Crippen molar-refractivity contribution in [3.63, 3.8) is 0 Å². The zero-order valence-corrected chi connectivity index (χ0v) is 11.5. The number of ether oxygens (including phenoxy) is 1. The number of benzene rings is 2. The van der Waals surface area contributed by atoms with E-state index in [9.17, 15) is 0 Å². The van der Waals surface area contributed by atoms with Gasteiger partial charge in [0.05, 0.1) is 35.8 Å². The summed E-state index contributed by atoms with van der Waals surface area (Å²) in [6, 6.07) is 12.0. The molecule has 2 heterocycles. The number of H-pyrrole nitrogens is 1. The van der Waals surface area contributed by atoms with Gasteiger partial charge in [-0.25, -0.2) is 4.98 Å². The van der Waals surface area contributed by atoms with Crippen molar-refractivity contribution >= 4 is 28.5 Å². The Bertz CT molecular complexity index is 820. The van der Waals surface area contributed by atoms with Crippen LogP contribution >= 0.6 is 0 Å². The Kier molecular flexibility index (Phi) is 2.57. The highest BCUT2D eigenvalue weighted by Crippen LogP contribution is 2.29. The van der Waals surface area contributed by atoms with Crippen molar-refractivity contribution in [1.29, 1.82) is 0 Å². The van der Waals surface area contributed by atoms with Gasteiger partial charge < -0.3 is 9.72 Å². The molecule has 3 aromatic rings. The average molecular weight is 278 g/mol. The fraction of sp³-hybridized carbons (Fsp3) is 0.0625. The summed E-state index contributed by atoms with van der Waals surface area (Å²) >= 11 is 0. The largest absolute Gasteiger partial charge is 0.497 e. The lowest BCUT2D eigenvalue weighted by molar-refractivity contribution is 0.415. The van der Waals surface area contributed by atoms with Crippen LogP contribution in [0, 0.1) is 0 Å². The van der Waals surface area contributed by atoms with E-state index in [0.29, 0.717) is 0 Å². The molecule has 0 amide bonds. The van der Waals surface area contributed by atoms with Crippen LogP contribution in [-0.2, 0) is 0 Å². The molecule has 1 aliphatic heterocycles. The summed E-state index contributed by atoms with van der Waals surface area (Å²) in [5.41, 5.74) is 8.59. The minimum absolute atomic E-state index is 0.846. The Labute approximate surface area is 121 Å². The second kappa shape index (κ2) is 4.56. The summed E-state index contributed by atoms with van der Waals surface area (Å²) in [4.78, 5) is 7.42. The van der Waals surface area contributed by atoms with Gasteiger partial charge in [0.2, 0.25) is 0 Å². The first kappa shape index (κ1) is 11.8. The van der Waals surface area contributed by atoms with Crippen LogP contribution in [0.3, 0.4) is 0 Å². The predicted molar refractivity (Wildman–Crippen MR) is 84.2 cm³/mol. The van der Waals surface area contributed by atoms with Crippen LogP contribution < -0.4 is 15.2 Å². The van der Waals surface area contributed by atoms with E-state index in [2.05, 4.69) is 27.5 Å². The summed E-state index contributed by atoms with van der Waals surface area (Å²) in [7, 11) is 1.67. The van der Waals surface area contributed by atoms with Gasteiger partial charge in [-0.3, -0.25) is 10.4 Å². The maximum atomic E-state index is 5.18. The minimum atomic E-state index is 0.846. The Morgan fingerprint density at radius 2 is 2.00 bits per heavy atom. The molecule has 0 aliphatic carbocycles. The van der Waals surface area contributed by atoms with Gasteiger partial charge in [-0.05, 0) is 42.5 Å². The average Bonchev–Trinajstić information content (AvgIpc) is 2.99. The first-order valence-electron chi connectivity index (χ1n) is 6.69. The minimum Gasteiger partial charge on any atom is -0.497 e. The lowest BCUT2D eigenvalue weighted by Crippen LogP contribution is -2.26. The number of anilines is 2. The number of nitrogens with one attached hydrogen (secondary N) is 2. The highest BCUT2D eigenvalue weighted by Gasteiger charge is 2.13. The lowest BCUT2D eigenvalue weighted by Gasteiger charge is -2.27. The van der Waals surface area contributed by atoms with Crippen molar-refractivity contribution in [2.75, 3.05) is 17.5 Å². The molecule has 0 spiro atoms. The molecular formula is C16H14N4O. The Morgan fingerprint density at radius 1 is 1.14 bits per heavy atom. The van der Waals surface area contributed by atoms with Crippen molar-refractivity contribution in [3.8, 4) is 5.75 Å². The van der Waals surface area contributed by atoms with Gasteiger partial charge in [-0.1, -0.05) is 0 Å². The SMILES string of the molecule is COc1ccc(N2C=Cc3cc4[nH]cnc4cc3N2)cc1. The molecule has 0 radical (unpaired) electrons. The summed E-state index contributed by atoms with van der Waals surface area (Å²) in [5, 5.41) is 1.97. The summed E-state index contributed by atoms with van der Waals surface area (Å²) in [6.07, 6.45) is 5.80. The molecule has 0 unspecified atom stereocenters. The lowest BCUT2D eigenvalue weighted by atomic mass is 10.1. The normalized spacial score (nSPS) is 13.1. The van der Waals surface area contributed by atoms with Crippen LogP contribution in [0.25, 0.3) is 17.1 Å². The quantitative estimate of drug-likeness (QED) is 0.754. The number of methoxy groups -OCH3 is 1. The van der Waals surface area contributed by atoms with E-state index in [1.54, 1.807) is 13.4 Å². The standard InChI is InChI=1S/C16H14N4O/c1-21-13-4-2-12(3-5-13)20-7-6-11-8-15-16(18-10-17-15)9-14(11)19-20/h2-10,19H,1H3,(H,17,18). The highest BCUT2D eigenvalue weighted by atomic mass is 16.5. The number of hydrogen-bond acceptors (Lipinski definition) is 4. The van der Waals surface area contributed by atoms with Gasteiger partial charge in [0.1, 0.15) is 5.75 Å². The molecular weight excluding hydrogens is 264 g/mol. The van der Waals surface area contributed by atoms with E-state index >= 15 is 0 Å². The third-order valence-electron chi connectivity index (χ3n) is 3.59. The molecule has 0 atom stereocenters. The maximum absolute atomic E-state index is 5.18. The Hall–Kier alpha value is -2.95. The van der Waals surface area contributed by atoms with Gasteiger partial charge in [0.25, 0.3) is 0 Å². The van der Waals surface area contributed by atoms with Gasteiger partial charge >= 0.3 is 0 Å². The van der Waals surface area contributed by atoms with Crippen molar-refractivity contribution in [3.05, 3.63) is 54.5 Å². The van der Waals surface area contributed by atoms with E-state index < -0.39 is 0 Å². The molecule has 2 N–H and O–H groups in total. The number of aromatic amines is 1. The molecule has 1 aliphatic rings. The Morgan fingerprint density at radius 3 is 2.81 bits per heavy atom. The fourth-order valence-electron chi connectivity index (χ4n) is 2.45. The van der Waals surface area contributed by atoms with Crippen LogP contribution in [0.1, 0.15) is 5.56 Å². The van der Waals surface area contributed by atoms with Crippen molar-refractivity contribution in [2.45, 2.75) is 0 Å². The molecule has 104 valence electrons. The van der Waals surface area contributed by atoms with Crippen LogP contribution in [-0.4, -0.2) is 17.1 Å². The molecule has 0 bridgehead atoms. The highest BCUT2D eigenvalue weighted by molar-refractivity contribution is 5.87. The summed E-state index contributed by atoms with van der Waals surface area (Å²) < 4.78 is 5.18. The summed E-state index contributed by atoms with van der Waals surface area (Å²) in [6.45, 7) is 0. The van der Waals surface area contributed by atoms with E-state index in [-0.39, 0.29) is 0 Å². The van der Waals surface area contributed by atoms with E-state index in [1.807, 2.05) is 41.5 Å². The molecule has 0 fully saturated rings. The number of fused-ring (bicyclic) bond motifs is 2. The smallest absolute Gasteiger partial charge is 0.119 e. The molecule has 0 saturated heterocycles. The van der Waals surface area contributed by atoms with Crippen molar-refractivity contribution in [2.24, 2.45) is 0 Å². The van der Waals surface area contributed by atoms with Crippen LogP contribution in [0.2, 0.25) is 0 Å². The van der Waals surface area contributed by atoms with Crippen LogP contribution in [0.4, 0.5) is 11.4 Å². The Balaban J connectivity index is 1.69. The molecule has 5 heteroatoms. The maximum Gasteiger partial charge on any atom is 0.119 e. The molecule has 1 aromatic heterocycles. The monoisotopic (exact) mass is 278 g/mol. The van der Waals surface area contributed by atoms with Gasteiger partial charge in [-0.2, -0.15) is 0 Å². The first-order chi connectivity index (χ1) is 10.3. The zero-order chi connectivity index (χ0) is 14.2. The predicted octanol–water partition coefficient (Wildman–Crippen LogP) is 3.39. The van der Waals surface area contributed by atoms with Crippen LogP contribution in [0.5, 0.6) is 5.75 Å². The third kappa shape index (κ3) is 1.99. The fourth-order valence-corrected chi connectivity index (χ4v) is 2.45. The first-order valence-corrected chi connectivity index (χ1v) is 6.69. The molecule has 4 rings (SSSR count). The van der Waals surface area contributed by atoms with Crippen molar-refractivity contribution < 1.29 is 4.74 Å². The van der Waals surface area contributed by atoms with Crippen molar-refractivity contribution in [1.82, 2.24) is 9.97 Å². The number of imidazole rings is 1. The zero-order valence-electron chi connectivity index (χ0n) is 11.5. The summed E-state index contributed by atoms with van der Waals surface area (Å²) in [5.74, 6) is 0.846. The number of rotatable bonds is 2. The topological polar surface area (TPSA) is 53.2 Å². The number of hydrogen-bond donors (Lipinski definition) is 2. The van der Waals surface area contributed by atoms with E-state index in [4.69, 9.17) is 4.74 Å². The van der Waals surface area contributed by atoms with Gasteiger partial charge in [0, 0.05) is 11.8 Å². The number of hydrazine groups is 1. The van der Waals surface area contributed by atoms with E-state index in [1.165, 1.54) is 0 Å². The molecule has 5 nitrogen and oxygen atoms in total. The van der Waals surface area contributed by atoms with Gasteiger partial charge in [0.15, 0.2) is 0 Å². The second-order valence-corrected chi connectivity index (χ2v) is 4.85. The molecule has 0 saturated carbocycles. The van der Waals surface area contributed by atoms with Crippen LogP contribution in [0.15, 0.2) is 48.9 Å². The number of aromatic nitrogens is 2. The molecule has 2 aromatic carbocycles. The molecule has 21 heavy (non-hydrogen) atoms. The number of nitrogens with zero attached hydrogens (tertiary/aromatic N) is 2. The van der Waals surface area contributed by atoms with E-state index in [0.717, 1.165) is 33.7 Å².